The Balaban J connectivity index is 1.85. The van der Waals surface area contributed by atoms with Gasteiger partial charge in [0.25, 0.3) is 0 Å². The first kappa shape index (κ1) is 14.1. The molecule has 2 fully saturated rings. The molecule has 0 aromatic heterocycles. The van der Waals surface area contributed by atoms with Crippen LogP contribution in [0.2, 0.25) is 0 Å². The van der Waals surface area contributed by atoms with Crippen molar-refractivity contribution in [3.63, 3.8) is 0 Å². The van der Waals surface area contributed by atoms with Crippen molar-refractivity contribution in [1.82, 2.24) is 10.2 Å². The van der Waals surface area contributed by atoms with Crippen molar-refractivity contribution in [2.75, 3.05) is 13.1 Å². The quantitative estimate of drug-likeness (QED) is 0.843. The molecule has 0 aromatic carbocycles. The molecule has 0 bridgehead atoms. The average molecular weight is 278 g/mol. The first-order valence-electron chi connectivity index (χ1n) is 6.41. The summed E-state index contributed by atoms with van der Waals surface area (Å²) in [4.78, 5) is 24.0. The van der Waals surface area contributed by atoms with E-state index in [-0.39, 0.29) is 24.9 Å². The molecule has 1 aliphatic heterocycles. The molecule has 19 heavy (non-hydrogen) atoms. The standard InChI is InChI=1S/C12H17F3N2O2/c1-7(8-2-3-8)16-11(19)9-4-10(18)17(5-9)6-12(13,14)15/h7-9H,2-6H2,1H3,(H,16,19)/t7-,9-/m0/s1. The Morgan fingerprint density at radius 1 is 1.47 bits per heavy atom. The van der Waals surface area contributed by atoms with E-state index in [0.29, 0.717) is 10.8 Å². The van der Waals surface area contributed by atoms with E-state index < -0.39 is 24.5 Å². The number of hydrogen-bond acceptors (Lipinski definition) is 2. The normalized spacial score (nSPS) is 25.6. The number of likely N-dealkylation sites (tertiary alicyclic amines) is 1. The van der Waals surface area contributed by atoms with Crippen LogP contribution in [-0.4, -0.2) is 42.0 Å². The van der Waals surface area contributed by atoms with Crippen LogP contribution in [0.1, 0.15) is 26.2 Å². The van der Waals surface area contributed by atoms with Crippen LogP contribution in [-0.2, 0) is 9.59 Å². The molecule has 7 heteroatoms. The van der Waals surface area contributed by atoms with Crippen molar-refractivity contribution in [2.45, 2.75) is 38.4 Å². The lowest BCUT2D eigenvalue weighted by molar-refractivity contribution is -0.157. The smallest absolute Gasteiger partial charge is 0.353 e. The number of hydrogen-bond donors (Lipinski definition) is 1. The largest absolute Gasteiger partial charge is 0.406 e. The van der Waals surface area contributed by atoms with E-state index in [1.165, 1.54) is 0 Å². The molecule has 1 aliphatic carbocycles. The zero-order chi connectivity index (χ0) is 14.2. The van der Waals surface area contributed by atoms with Gasteiger partial charge in [0.1, 0.15) is 6.54 Å². The Morgan fingerprint density at radius 2 is 2.11 bits per heavy atom. The summed E-state index contributed by atoms with van der Waals surface area (Å²) >= 11 is 0. The van der Waals surface area contributed by atoms with Gasteiger partial charge in [0, 0.05) is 19.0 Å². The number of nitrogens with one attached hydrogen (secondary N) is 1. The summed E-state index contributed by atoms with van der Waals surface area (Å²) in [6.07, 6.45) is -2.39. The summed E-state index contributed by atoms with van der Waals surface area (Å²) in [7, 11) is 0. The zero-order valence-electron chi connectivity index (χ0n) is 10.7. The number of carbonyl (C=O) groups is 2. The highest BCUT2D eigenvalue weighted by atomic mass is 19.4. The van der Waals surface area contributed by atoms with Gasteiger partial charge in [-0.25, -0.2) is 0 Å². The van der Waals surface area contributed by atoms with Crippen LogP contribution < -0.4 is 5.32 Å². The van der Waals surface area contributed by atoms with E-state index in [9.17, 15) is 22.8 Å². The third kappa shape index (κ3) is 3.84. The molecule has 1 saturated carbocycles. The van der Waals surface area contributed by atoms with Crippen LogP contribution >= 0.6 is 0 Å². The number of rotatable bonds is 4. The molecule has 1 N–H and O–H groups in total. The lowest BCUT2D eigenvalue weighted by Crippen LogP contribution is -2.40. The van der Waals surface area contributed by atoms with Gasteiger partial charge >= 0.3 is 6.18 Å². The summed E-state index contributed by atoms with van der Waals surface area (Å²) in [6.45, 7) is 0.481. The predicted octanol–water partition coefficient (Wildman–Crippen LogP) is 1.31. The summed E-state index contributed by atoms with van der Waals surface area (Å²) in [6, 6.07) is 0.0410. The summed E-state index contributed by atoms with van der Waals surface area (Å²) < 4.78 is 36.7. The zero-order valence-corrected chi connectivity index (χ0v) is 10.7. The van der Waals surface area contributed by atoms with Gasteiger partial charge in [0.05, 0.1) is 5.92 Å². The maximum absolute atomic E-state index is 12.2. The van der Waals surface area contributed by atoms with E-state index in [2.05, 4.69) is 5.32 Å². The number of nitrogens with zero attached hydrogens (tertiary/aromatic N) is 1. The fourth-order valence-electron chi connectivity index (χ4n) is 2.37. The number of amides is 2. The first-order chi connectivity index (χ1) is 8.76. The molecule has 108 valence electrons. The summed E-state index contributed by atoms with van der Waals surface area (Å²) in [5, 5.41) is 2.79. The monoisotopic (exact) mass is 278 g/mol. The molecule has 2 aliphatic rings. The Morgan fingerprint density at radius 3 is 2.63 bits per heavy atom. The first-order valence-corrected chi connectivity index (χ1v) is 6.41. The molecule has 0 radical (unpaired) electrons. The Hall–Kier alpha value is -1.27. The van der Waals surface area contributed by atoms with E-state index in [1.54, 1.807) is 0 Å². The minimum atomic E-state index is -4.41. The Labute approximate surface area is 109 Å². The molecule has 0 aromatic rings. The fourth-order valence-corrected chi connectivity index (χ4v) is 2.37. The highest BCUT2D eigenvalue weighted by Crippen LogP contribution is 2.32. The van der Waals surface area contributed by atoms with Crippen LogP contribution in [0, 0.1) is 11.8 Å². The molecule has 2 atom stereocenters. The Kier molecular flexibility index (Phi) is 3.73. The second kappa shape index (κ2) is 5.02. The molecule has 0 spiro atoms. The van der Waals surface area contributed by atoms with Crippen molar-refractivity contribution in [1.29, 1.82) is 0 Å². The number of halogens is 3. The molecular formula is C12H17F3N2O2. The predicted molar refractivity (Wildman–Crippen MR) is 61.1 cm³/mol. The van der Waals surface area contributed by atoms with Crippen molar-refractivity contribution in [3.8, 4) is 0 Å². The van der Waals surface area contributed by atoms with Gasteiger partial charge in [-0.3, -0.25) is 9.59 Å². The summed E-state index contributed by atoms with van der Waals surface area (Å²) in [5.74, 6) is -1.09. The van der Waals surface area contributed by atoms with Gasteiger partial charge in [0.2, 0.25) is 11.8 Å². The maximum atomic E-state index is 12.2. The highest BCUT2D eigenvalue weighted by Gasteiger charge is 2.41. The fraction of sp³-hybridized carbons (Fsp3) is 0.833. The third-order valence-electron chi connectivity index (χ3n) is 3.65. The summed E-state index contributed by atoms with van der Waals surface area (Å²) in [5.41, 5.74) is 0. The minimum absolute atomic E-state index is 0.0410. The molecule has 1 saturated heterocycles. The third-order valence-corrected chi connectivity index (χ3v) is 3.65. The molecule has 1 heterocycles. The van der Waals surface area contributed by atoms with E-state index >= 15 is 0 Å². The van der Waals surface area contributed by atoms with Crippen molar-refractivity contribution in [3.05, 3.63) is 0 Å². The van der Waals surface area contributed by atoms with Gasteiger partial charge in [-0.2, -0.15) is 13.2 Å². The number of carbonyl (C=O) groups excluding carboxylic acids is 2. The SMILES string of the molecule is C[C@H](NC(=O)[C@H]1CC(=O)N(CC(F)(F)F)C1)C1CC1. The minimum Gasteiger partial charge on any atom is -0.353 e. The lowest BCUT2D eigenvalue weighted by atomic mass is 10.1. The molecule has 2 rings (SSSR count). The van der Waals surface area contributed by atoms with Crippen LogP contribution in [0.5, 0.6) is 0 Å². The van der Waals surface area contributed by atoms with Crippen molar-refractivity contribution in [2.24, 2.45) is 11.8 Å². The highest BCUT2D eigenvalue weighted by molar-refractivity contribution is 5.89. The van der Waals surface area contributed by atoms with E-state index in [0.717, 1.165) is 12.8 Å². The maximum Gasteiger partial charge on any atom is 0.406 e. The molecule has 4 nitrogen and oxygen atoms in total. The van der Waals surface area contributed by atoms with E-state index in [1.807, 2.05) is 6.92 Å². The van der Waals surface area contributed by atoms with Crippen LogP contribution in [0.3, 0.4) is 0 Å². The van der Waals surface area contributed by atoms with E-state index in [4.69, 9.17) is 0 Å². The lowest BCUT2D eigenvalue weighted by Gasteiger charge is -2.19. The Bertz CT molecular complexity index is 380. The van der Waals surface area contributed by atoms with Gasteiger partial charge < -0.3 is 10.2 Å². The van der Waals surface area contributed by atoms with Crippen molar-refractivity contribution < 1.29 is 22.8 Å². The van der Waals surface area contributed by atoms with Crippen molar-refractivity contribution >= 4 is 11.8 Å². The molecule has 0 unspecified atom stereocenters. The van der Waals surface area contributed by atoms with Crippen LogP contribution in [0.15, 0.2) is 0 Å². The van der Waals surface area contributed by atoms with Gasteiger partial charge in [-0.15, -0.1) is 0 Å². The molecule has 2 amide bonds. The van der Waals surface area contributed by atoms with Gasteiger partial charge in [-0.05, 0) is 25.7 Å². The average Bonchev–Trinajstić information content (AvgIpc) is 3.04. The second-order valence-corrected chi connectivity index (χ2v) is 5.43. The topological polar surface area (TPSA) is 49.4 Å². The molecular weight excluding hydrogens is 261 g/mol. The number of alkyl halides is 3. The van der Waals surface area contributed by atoms with Crippen LogP contribution in [0.4, 0.5) is 13.2 Å². The second-order valence-electron chi connectivity index (χ2n) is 5.43. The van der Waals surface area contributed by atoms with Gasteiger partial charge in [-0.1, -0.05) is 0 Å². The van der Waals surface area contributed by atoms with Gasteiger partial charge in [0.15, 0.2) is 0 Å². The van der Waals surface area contributed by atoms with Crippen LogP contribution in [0.25, 0.3) is 0 Å².